The number of carbonyl (C=O) groups excluding carboxylic acids is 1. The number of thiophene rings is 1. The number of aryl methyl sites for hydroxylation is 1. The van der Waals surface area contributed by atoms with Crippen molar-refractivity contribution in [3.63, 3.8) is 0 Å². The predicted octanol–water partition coefficient (Wildman–Crippen LogP) is 3.70. The molecule has 0 aliphatic rings. The van der Waals surface area contributed by atoms with Crippen molar-refractivity contribution in [1.82, 2.24) is 15.0 Å². The Kier molecular flexibility index (Phi) is 4.37. The maximum Gasteiger partial charge on any atom is 0.280 e. The Hall–Kier alpha value is -3.19. The average Bonchev–Trinajstić information content (AvgIpc) is 3.03. The van der Waals surface area contributed by atoms with Gasteiger partial charge in [-0.25, -0.2) is 4.98 Å². The number of nitrogens with zero attached hydrogens (tertiary/aromatic N) is 2. The Morgan fingerprint density at radius 3 is 2.56 bits per heavy atom. The van der Waals surface area contributed by atoms with Gasteiger partial charge in [0.25, 0.3) is 11.5 Å². The standard InChI is InChI=1S/C20H18N4O2S/c1-3-24-19(26)14-9-4-6-10-15(14)21-20(24)23-22-18(25)17-12(2)13-8-5-7-11-16(13)27-17/h4-11H,3H2,1-2H3,(H,21,23)(H,22,25). The molecule has 136 valence electrons. The second kappa shape index (κ2) is 6.85. The molecule has 4 rings (SSSR count). The molecule has 2 aromatic heterocycles. The van der Waals surface area contributed by atoms with E-state index in [9.17, 15) is 9.59 Å². The zero-order chi connectivity index (χ0) is 19.0. The van der Waals surface area contributed by atoms with E-state index in [1.54, 1.807) is 12.1 Å². The second-order valence-corrected chi connectivity index (χ2v) is 7.19. The van der Waals surface area contributed by atoms with Crippen LogP contribution in [0.15, 0.2) is 53.3 Å². The van der Waals surface area contributed by atoms with Crippen LogP contribution in [0.25, 0.3) is 21.0 Å². The third kappa shape index (κ3) is 2.96. The zero-order valence-corrected chi connectivity index (χ0v) is 15.8. The first-order valence-electron chi connectivity index (χ1n) is 8.64. The first-order valence-corrected chi connectivity index (χ1v) is 9.46. The van der Waals surface area contributed by atoms with E-state index in [-0.39, 0.29) is 11.5 Å². The fourth-order valence-electron chi connectivity index (χ4n) is 3.12. The zero-order valence-electron chi connectivity index (χ0n) is 14.9. The molecule has 0 unspecified atom stereocenters. The molecule has 0 aliphatic heterocycles. The number of hydrazine groups is 1. The number of aromatic nitrogens is 2. The van der Waals surface area contributed by atoms with Crippen LogP contribution in [-0.4, -0.2) is 15.5 Å². The van der Waals surface area contributed by atoms with Gasteiger partial charge in [0.2, 0.25) is 5.95 Å². The Morgan fingerprint density at radius 2 is 1.81 bits per heavy atom. The molecule has 0 bridgehead atoms. The highest BCUT2D eigenvalue weighted by atomic mass is 32.1. The number of carbonyl (C=O) groups is 1. The largest absolute Gasteiger partial charge is 0.280 e. The van der Waals surface area contributed by atoms with Crippen molar-refractivity contribution >= 4 is 44.2 Å². The lowest BCUT2D eigenvalue weighted by atomic mass is 10.1. The van der Waals surface area contributed by atoms with Crippen LogP contribution in [-0.2, 0) is 6.54 Å². The number of fused-ring (bicyclic) bond motifs is 2. The third-order valence-corrected chi connectivity index (χ3v) is 5.79. The van der Waals surface area contributed by atoms with Crippen molar-refractivity contribution < 1.29 is 4.79 Å². The lowest BCUT2D eigenvalue weighted by Crippen LogP contribution is -2.34. The highest BCUT2D eigenvalue weighted by molar-refractivity contribution is 7.21. The van der Waals surface area contributed by atoms with Gasteiger partial charge in [-0.1, -0.05) is 30.3 Å². The molecule has 0 spiro atoms. The van der Waals surface area contributed by atoms with Gasteiger partial charge < -0.3 is 0 Å². The van der Waals surface area contributed by atoms with Gasteiger partial charge in [0.1, 0.15) is 0 Å². The molecule has 0 saturated heterocycles. The van der Waals surface area contributed by atoms with E-state index >= 15 is 0 Å². The Morgan fingerprint density at radius 1 is 1.11 bits per heavy atom. The van der Waals surface area contributed by atoms with E-state index in [1.807, 2.05) is 50.2 Å². The van der Waals surface area contributed by atoms with Gasteiger partial charge in [-0.2, -0.15) is 0 Å². The van der Waals surface area contributed by atoms with E-state index < -0.39 is 0 Å². The number of nitrogens with one attached hydrogen (secondary N) is 2. The predicted molar refractivity (Wildman–Crippen MR) is 109 cm³/mol. The average molecular weight is 378 g/mol. The number of benzene rings is 2. The number of rotatable bonds is 4. The lowest BCUT2D eigenvalue weighted by molar-refractivity contribution is 0.0965. The molecule has 0 aliphatic carbocycles. The molecule has 0 saturated carbocycles. The normalized spacial score (nSPS) is 11.0. The van der Waals surface area contributed by atoms with Gasteiger partial charge in [-0.3, -0.25) is 25.0 Å². The van der Waals surface area contributed by atoms with Crippen LogP contribution in [0.2, 0.25) is 0 Å². The SMILES string of the molecule is CCn1c(NNC(=O)c2sc3ccccc3c2C)nc2ccccc2c1=O. The summed E-state index contributed by atoms with van der Waals surface area (Å²) in [5.41, 5.74) is 6.89. The molecule has 0 radical (unpaired) electrons. The van der Waals surface area contributed by atoms with E-state index in [0.717, 1.165) is 15.6 Å². The topological polar surface area (TPSA) is 76.0 Å². The van der Waals surface area contributed by atoms with Crippen LogP contribution >= 0.6 is 11.3 Å². The highest BCUT2D eigenvalue weighted by Gasteiger charge is 2.16. The van der Waals surface area contributed by atoms with Crippen molar-refractivity contribution in [2.24, 2.45) is 0 Å². The molecule has 2 heterocycles. The van der Waals surface area contributed by atoms with Crippen LogP contribution < -0.4 is 16.4 Å². The summed E-state index contributed by atoms with van der Waals surface area (Å²) in [6.07, 6.45) is 0. The smallest absolute Gasteiger partial charge is 0.277 e. The monoisotopic (exact) mass is 378 g/mol. The number of amides is 1. The van der Waals surface area contributed by atoms with Crippen molar-refractivity contribution in [3.8, 4) is 0 Å². The van der Waals surface area contributed by atoms with Gasteiger partial charge in [-0.05, 0) is 43.0 Å². The van der Waals surface area contributed by atoms with Crippen molar-refractivity contribution in [1.29, 1.82) is 0 Å². The lowest BCUT2D eigenvalue weighted by Gasteiger charge is -2.13. The number of anilines is 1. The molecule has 6 nitrogen and oxygen atoms in total. The summed E-state index contributed by atoms with van der Waals surface area (Å²) in [5, 5.41) is 1.62. The summed E-state index contributed by atoms with van der Waals surface area (Å²) in [5.74, 6) is 0.0621. The highest BCUT2D eigenvalue weighted by Crippen LogP contribution is 2.30. The van der Waals surface area contributed by atoms with Crippen molar-refractivity contribution in [3.05, 3.63) is 69.3 Å². The van der Waals surface area contributed by atoms with Gasteiger partial charge in [0, 0.05) is 11.2 Å². The minimum Gasteiger partial charge on any atom is -0.277 e. The van der Waals surface area contributed by atoms with Crippen LogP contribution in [0.4, 0.5) is 5.95 Å². The molecule has 4 aromatic rings. The van der Waals surface area contributed by atoms with Crippen LogP contribution in [0, 0.1) is 6.92 Å². The van der Waals surface area contributed by atoms with E-state index in [0.29, 0.717) is 28.3 Å². The molecule has 2 N–H and O–H groups in total. The molecular formula is C20H18N4O2S. The van der Waals surface area contributed by atoms with Gasteiger partial charge >= 0.3 is 0 Å². The number of para-hydroxylation sites is 1. The van der Waals surface area contributed by atoms with Gasteiger partial charge in [0.05, 0.1) is 15.8 Å². The van der Waals surface area contributed by atoms with E-state index in [2.05, 4.69) is 15.8 Å². The molecule has 7 heteroatoms. The number of hydrogen-bond donors (Lipinski definition) is 2. The first kappa shape index (κ1) is 17.2. The van der Waals surface area contributed by atoms with Crippen LogP contribution in [0.3, 0.4) is 0 Å². The summed E-state index contributed by atoms with van der Waals surface area (Å²) in [4.78, 5) is 30.4. The first-order chi connectivity index (χ1) is 13.1. The van der Waals surface area contributed by atoms with Gasteiger partial charge in [-0.15, -0.1) is 11.3 Å². The molecule has 27 heavy (non-hydrogen) atoms. The van der Waals surface area contributed by atoms with Crippen molar-refractivity contribution in [2.45, 2.75) is 20.4 Å². The maximum atomic E-state index is 12.7. The Balaban J connectivity index is 1.65. The third-order valence-electron chi connectivity index (χ3n) is 4.52. The van der Waals surface area contributed by atoms with Crippen LogP contribution in [0.5, 0.6) is 0 Å². The fourth-order valence-corrected chi connectivity index (χ4v) is 4.22. The minimum atomic E-state index is -0.251. The fraction of sp³-hybridized carbons (Fsp3) is 0.150. The Bertz CT molecular complexity index is 1230. The van der Waals surface area contributed by atoms with E-state index in [1.165, 1.54) is 15.9 Å². The quantitative estimate of drug-likeness (QED) is 0.531. The second-order valence-electron chi connectivity index (χ2n) is 6.13. The minimum absolute atomic E-state index is 0.141. The summed E-state index contributed by atoms with van der Waals surface area (Å²) < 4.78 is 2.56. The summed E-state index contributed by atoms with van der Waals surface area (Å²) in [6.45, 7) is 4.24. The molecular weight excluding hydrogens is 360 g/mol. The summed E-state index contributed by atoms with van der Waals surface area (Å²) in [6, 6.07) is 15.1. The molecule has 0 atom stereocenters. The number of hydrogen-bond acceptors (Lipinski definition) is 5. The van der Waals surface area contributed by atoms with Crippen LogP contribution in [0.1, 0.15) is 22.2 Å². The maximum absolute atomic E-state index is 12.7. The Labute approximate surface area is 159 Å². The van der Waals surface area contributed by atoms with Gasteiger partial charge in [0.15, 0.2) is 0 Å². The molecule has 2 aromatic carbocycles. The molecule has 1 amide bonds. The molecule has 0 fully saturated rings. The van der Waals surface area contributed by atoms with Crippen molar-refractivity contribution in [2.75, 3.05) is 5.43 Å². The summed E-state index contributed by atoms with van der Waals surface area (Å²) in [7, 11) is 0. The summed E-state index contributed by atoms with van der Waals surface area (Å²) >= 11 is 1.44. The van der Waals surface area contributed by atoms with E-state index in [4.69, 9.17) is 0 Å².